The zero-order valence-corrected chi connectivity index (χ0v) is 10.2. The Morgan fingerprint density at radius 3 is 2.63 bits per heavy atom. The highest BCUT2D eigenvalue weighted by Gasteiger charge is 2.27. The fraction of sp³-hybridized carbons (Fsp3) is 0.300. The first kappa shape index (κ1) is 15.3. The van der Waals surface area contributed by atoms with E-state index in [9.17, 15) is 28.1 Å². The van der Waals surface area contributed by atoms with Crippen LogP contribution in [0, 0.1) is 10.1 Å². The molecule has 0 aliphatic carbocycles. The number of nitro benzene ring substituents is 1. The minimum atomic E-state index is -4.36. The van der Waals surface area contributed by atoms with Crippen LogP contribution in [-0.4, -0.2) is 29.1 Å². The molecule has 1 aromatic rings. The lowest BCUT2D eigenvalue weighted by Gasteiger charge is -2.08. The Balaban J connectivity index is 2.67. The Morgan fingerprint density at radius 1 is 1.42 bits per heavy atom. The van der Waals surface area contributed by atoms with E-state index in [2.05, 4.69) is 0 Å². The van der Waals surface area contributed by atoms with E-state index in [1.807, 2.05) is 0 Å². The van der Waals surface area contributed by atoms with Gasteiger partial charge in [-0.05, 0) is 23.9 Å². The molecule has 0 amide bonds. The number of rotatable bonds is 6. The topological polar surface area (TPSA) is 69.4 Å². The Morgan fingerprint density at radius 2 is 2.11 bits per heavy atom. The average molecular weight is 295 g/mol. The third kappa shape index (κ3) is 5.16. The molecule has 0 saturated carbocycles. The zero-order chi connectivity index (χ0) is 14.5. The van der Waals surface area contributed by atoms with Crippen molar-refractivity contribution in [2.24, 2.45) is 0 Å². The fourth-order valence-corrected chi connectivity index (χ4v) is 1.58. The quantitative estimate of drug-likeness (QED) is 0.349. The van der Waals surface area contributed by atoms with Crippen molar-refractivity contribution in [3.05, 3.63) is 33.9 Å². The molecule has 0 saturated heterocycles. The van der Waals surface area contributed by atoms with Crippen LogP contribution in [0.1, 0.15) is 10.4 Å². The van der Waals surface area contributed by atoms with Crippen molar-refractivity contribution in [1.82, 2.24) is 0 Å². The van der Waals surface area contributed by atoms with Gasteiger partial charge in [0.2, 0.25) is 0 Å². The molecular formula is C10H8F3NO4S. The van der Waals surface area contributed by atoms with Gasteiger partial charge in [-0.1, -0.05) is 0 Å². The number of nitrogens with zero attached hydrogens (tertiary/aromatic N) is 1. The van der Waals surface area contributed by atoms with E-state index in [4.69, 9.17) is 4.74 Å². The van der Waals surface area contributed by atoms with Gasteiger partial charge in [0.05, 0.1) is 11.5 Å². The molecule has 9 heteroatoms. The second-order valence-corrected chi connectivity index (χ2v) is 4.40. The Kier molecular flexibility index (Phi) is 5.16. The van der Waals surface area contributed by atoms with Gasteiger partial charge in [-0.25, -0.2) is 0 Å². The van der Waals surface area contributed by atoms with Crippen molar-refractivity contribution in [2.75, 3.05) is 12.4 Å². The summed E-state index contributed by atoms with van der Waals surface area (Å²) in [4.78, 5) is 20.4. The van der Waals surface area contributed by atoms with E-state index < -0.39 is 16.1 Å². The van der Waals surface area contributed by atoms with Crippen molar-refractivity contribution in [2.45, 2.75) is 5.51 Å². The maximum atomic E-state index is 11.8. The molecule has 0 radical (unpaired) electrons. The summed E-state index contributed by atoms with van der Waals surface area (Å²) in [6, 6.07) is 3.46. The number of hydrogen-bond donors (Lipinski definition) is 0. The SMILES string of the molecule is O=Cc1ccc(OCCSC(F)(F)F)c([N+](=O)[O-])c1. The first-order valence-corrected chi connectivity index (χ1v) is 5.89. The molecule has 0 unspecified atom stereocenters. The summed E-state index contributed by atoms with van der Waals surface area (Å²) in [7, 11) is 0. The van der Waals surface area contributed by atoms with Crippen LogP contribution in [0.3, 0.4) is 0 Å². The van der Waals surface area contributed by atoms with Gasteiger partial charge in [0.1, 0.15) is 6.29 Å². The van der Waals surface area contributed by atoms with Crippen LogP contribution < -0.4 is 4.74 Å². The smallest absolute Gasteiger partial charge is 0.441 e. The molecule has 0 N–H and O–H groups in total. The molecule has 0 aromatic heterocycles. The first-order chi connectivity index (χ1) is 8.83. The van der Waals surface area contributed by atoms with Gasteiger partial charge in [0.15, 0.2) is 5.75 Å². The fourth-order valence-electron chi connectivity index (χ4n) is 1.18. The summed E-state index contributed by atoms with van der Waals surface area (Å²) < 4.78 is 40.5. The molecule has 0 heterocycles. The Bertz CT molecular complexity index is 478. The minimum Gasteiger partial charge on any atom is -0.486 e. The third-order valence-electron chi connectivity index (χ3n) is 1.92. The Labute approximate surface area is 109 Å². The van der Waals surface area contributed by atoms with Gasteiger partial charge in [0, 0.05) is 17.4 Å². The van der Waals surface area contributed by atoms with Crippen LogP contribution in [0.25, 0.3) is 0 Å². The van der Waals surface area contributed by atoms with E-state index in [0.717, 1.165) is 6.07 Å². The predicted molar refractivity (Wildman–Crippen MR) is 62.5 cm³/mol. The normalized spacial score (nSPS) is 11.1. The van der Waals surface area contributed by atoms with E-state index >= 15 is 0 Å². The second-order valence-electron chi connectivity index (χ2n) is 3.24. The lowest BCUT2D eigenvalue weighted by atomic mass is 10.2. The maximum absolute atomic E-state index is 11.8. The van der Waals surface area contributed by atoms with Crippen molar-refractivity contribution in [3.63, 3.8) is 0 Å². The number of carbonyl (C=O) groups excluding carboxylic acids is 1. The van der Waals surface area contributed by atoms with Gasteiger partial charge in [-0.2, -0.15) is 13.2 Å². The van der Waals surface area contributed by atoms with Crippen LogP contribution in [0.15, 0.2) is 18.2 Å². The van der Waals surface area contributed by atoms with Gasteiger partial charge in [-0.15, -0.1) is 0 Å². The number of thioether (sulfide) groups is 1. The van der Waals surface area contributed by atoms with Crippen molar-refractivity contribution < 1.29 is 27.6 Å². The number of carbonyl (C=O) groups is 1. The molecule has 0 aliphatic rings. The monoisotopic (exact) mass is 295 g/mol. The van der Waals surface area contributed by atoms with E-state index in [1.165, 1.54) is 12.1 Å². The molecule has 0 fully saturated rings. The first-order valence-electron chi connectivity index (χ1n) is 4.90. The molecule has 0 aliphatic heterocycles. The van der Waals surface area contributed by atoms with E-state index in [0.29, 0.717) is 6.29 Å². The largest absolute Gasteiger partial charge is 0.486 e. The Hall–Kier alpha value is -1.77. The number of halogens is 3. The highest BCUT2D eigenvalue weighted by atomic mass is 32.2. The van der Waals surface area contributed by atoms with Crippen LogP contribution in [0.2, 0.25) is 0 Å². The van der Waals surface area contributed by atoms with Crippen LogP contribution >= 0.6 is 11.8 Å². The van der Waals surface area contributed by atoms with Crippen LogP contribution in [0.5, 0.6) is 5.75 Å². The number of aldehydes is 1. The molecule has 5 nitrogen and oxygen atoms in total. The summed E-state index contributed by atoms with van der Waals surface area (Å²) >= 11 is -0.276. The molecular weight excluding hydrogens is 287 g/mol. The highest BCUT2D eigenvalue weighted by molar-refractivity contribution is 8.00. The summed E-state index contributed by atoms with van der Waals surface area (Å²) in [6.07, 6.45) is 0.427. The number of alkyl halides is 3. The maximum Gasteiger partial charge on any atom is 0.441 e. The van der Waals surface area contributed by atoms with Gasteiger partial charge in [-0.3, -0.25) is 14.9 Å². The van der Waals surface area contributed by atoms with Gasteiger partial charge < -0.3 is 4.74 Å². The third-order valence-corrected chi connectivity index (χ3v) is 2.62. The van der Waals surface area contributed by atoms with E-state index in [-0.39, 0.29) is 35.4 Å². The zero-order valence-electron chi connectivity index (χ0n) is 9.35. The van der Waals surface area contributed by atoms with Gasteiger partial charge >= 0.3 is 11.2 Å². The average Bonchev–Trinajstić information content (AvgIpc) is 2.33. The summed E-state index contributed by atoms with van der Waals surface area (Å²) in [5, 5.41) is 10.7. The summed E-state index contributed by atoms with van der Waals surface area (Å²) in [6.45, 7) is -0.328. The van der Waals surface area contributed by atoms with Gasteiger partial charge in [0.25, 0.3) is 0 Å². The second kappa shape index (κ2) is 6.41. The molecule has 0 spiro atoms. The molecule has 1 rings (SSSR count). The molecule has 1 aromatic carbocycles. The summed E-state index contributed by atoms with van der Waals surface area (Å²) in [5.74, 6) is -0.547. The van der Waals surface area contributed by atoms with Crippen LogP contribution in [-0.2, 0) is 0 Å². The van der Waals surface area contributed by atoms with Crippen molar-refractivity contribution in [1.29, 1.82) is 0 Å². The van der Waals surface area contributed by atoms with Crippen molar-refractivity contribution in [3.8, 4) is 5.75 Å². The lowest BCUT2D eigenvalue weighted by molar-refractivity contribution is -0.385. The summed E-state index contributed by atoms with van der Waals surface area (Å²) in [5.41, 5.74) is -4.73. The molecule has 104 valence electrons. The number of hydrogen-bond acceptors (Lipinski definition) is 5. The van der Waals surface area contributed by atoms with E-state index in [1.54, 1.807) is 0 Å². The highest BCUT2D eigenvalue weighted by Crippen LogP contribution is 2.31. The predicted octanol–water partition coefficient (Wildman–Crippen LogP) is 3.04. The molecule has 0 bridgehead atoms. The number of benzene rings is 1. The molecule has 19 heavy (non-hydrogen) atoms. The number of ether oxygens (including phenoxy) is 1. The number of nitro groups is 1. The van der Waals surface area contributed by atoms with Crippen LogP contribution in [0.4, 0.5) is 18.9 Å². The standard InChI is InChI=1S/C10H8F3NO4S/c11-10(12,13)19-4-3-18-9-2-1-7(6-15)5-8(9)14(16)17/h1-2,5-6H,3-4H2. The molecule has 0 atom stereocenters. The minimum absolute atomic E-state index is 0.0868. The lowest BCUT2D eigenvalue weighted by Crippen LogP contribution is -2.08. The van der Waals surface area contributed by atoms with Crippen molar-refractivity contribution >= 4 is 23.7 Å².